The molecule has 4 nitrogen and oxygen atoms in total. The summed E-state index contributed by atoms with van der Waals surface area (Å²) < 4.78 is 24.8. The maximum atomic E-state index is 12.4. The van der Waals surface area contributed by atoms with Gasteiger partial charge in [-0.3, -0.25) is 0 Å². The lowest BCUT2D eigenvalue weighted by molar-refractivity contribution is 0.425. The van der Waals surface area contributed by atoms with Gasteiger partial charge in [0.2, 0.25) is 9.84 Å². The minimum atomic E-state index is -3.58. The van der Waals surface area contributed by atoms with E-state index in [0.717, 1.165) is 0 Å². The Morgan fingerprint density at radius 3 is 2.05 bits per heavy atom. The molecule has 19 heavy (non-hydrogen) atoms. The first kappa shape index (κ1) is 13.8. The second-order valence-corrected chi connectivity index (χ2v) is 6.13. The van der Waals surface area contributed by atoms with E-state index in [-0.39, 0.29) is 15.3 Å². The molecule has 0 saturated carbocycles. The molecule has 0 saturated heterocycles. The second-order valence-electron chi connectivity index (χ2n) is 4.21. The first-order valence-electron chi connectivity index (χ1n) is 5.70. The molecule has 0 amide bonds. The predicted molar refractivity (Wildman–Crippen MR) is 72.9 cm³/mol. The van der Waals surface area contributed by atoms with Gasteiger partial charge in [0.15, 0.2) is 0 Å². The topological polar surface area (TPSA) is 74.6 Å². The zero-order valence-corrected chi connectivity index (χ0v) is 11.1. The van der Waals surface area contributed by atoms with E-state index in [0.29, 0.717) is 5.56 Å². The molecule has 6 heteroatoms. The summed E-state index contributed by atoms with van der Waals surface area (Å²) in [5.41, 5.74) is 0.928. The Labute approximate surface area is 112 Å². The van der Waals surface area contributed by atoms with E-state index >= 15 is 0 Å². The fourth-order valence-electron chi connectivity index (χ4n) is 1.80. The van der Waals surface area contributed by atoms with Gasteiger partial charge in [-0.15, -0.1) is 0 Å². The Kier molecular flexibility index (Phi) is 3.75. The zero-order chi connectivity index (χ0) is 14.0. The number of sulfone groups is 1. The lowest BCUT2D eigenvalue weighted by atomic mass is 9.81. The van der Waals surface area contributed by atoms with Crippen LogP contribution in [-0.2, 0) is 9.84 Å². The first-order valence-corrected chi connectivity index (χ1v) is 7.18. The third-order valence-corrected chi connectivity index (χ3v) is 4.80. The summed E-state index contributed by atoms with van der Waals surface area (Å²) in [5, 5.41) is 18.0. The SMILES string of the molecule is Cc1ccccc1S(=O)(=O)c1ccc(B(O)O)cc1. The van der Waals surface area contributed by atoms with Crippen molar-refractivity contribution < 1.29 is 18.5 Å². The molecule has 0 unspecified atom stereocenters. The lowest BCUT2D eigenvalue weighted by Gasteiger charge is -2.08. The number of aryl methyl sites for hydroxylation is 1. The first-order chi connectivity index (χ1) is 8.93. The van der Waals surface area contributed by atoms with Crippen LogP contribution in [0, 0.1) is 6.92 Å². The summed E-state index contributed by atoms with van der Waals surface area (Å²) in [6, 6.07) is 12.3. The average Bonchev–Trinajstić information content (AvgIpc) is 2.39. The molecule has 2 N–H and O–H groups in total. The molecule has 2 rings (SSSR count). The molecule has 0 radical (unpaired) electrons. The quantitative estimate of drug-likeness (QED) is 0.801. The van der Waals surface area contributed by atoms with Gasteiger partial charge < -0.3 is 10.0 Å². The van der Waals surface area contributed by atoms with Gasteiger partial charge in [0.1, 0.15) is 0 Å². The van der Waals surface area contributed by atoms with Crippen LogP contribution < -0.4 is 5.46 Å². The maximum absolute atomic E-state index is 12.4. The molecule has 0 aliphatic rings. The zero-order valence-electron chi connectivity index (χ0n) is 10.3. The van der Waals surface area contributed by atoms with Crippen LogP contribution in [0.1, 0.15) is 5.56 Å². The Balaban J connectivity index is 2.49. The molecule has 0 bridgehead atoms. The van der Waals surface area contributed by atoms with E-state index in [2.05, 4.69) is 0 Å². The molecule has 0 heterocycles. The van der Waals surface area contributed by atoms with E-state index in [1.807, 2.05) is 0 Å². The maximum Gasteiger partial charge on any atom is 0.488 e. The van der Waals surface area contributed by atoms with Crippen LogP contribution in [0.4, 0.5) is 0 Å². The number of hydrogen-bond donors (Lipinski definition) is 2. The molecule has 0 atom stereocenters. The molecular formula is C13H13BO4S. The summed E-state index contributed by atoms with van der Waals surface area (Å²) >= 11 is 0. The minimum Gasteiger partial charge on any atom is -0.423 e. The lowest BCUT2D eigenvalue weighted by Crippen LogP contribution is -2.29. The highest BCUT2D eigenvalue weighted by Crippen LogP contribution is 2.22. The van der Waals surface area contributed by atoms with E-state index in [1.165, 1.54) is 24.3 Å². The van der Waals surface area contributed by atoms with Crippen molar-refractivity contribution in [2.24, 2.45) is 0 Å². The average molecular weight is 276 g/mol. The molecule has 98 valence electrons. The standard InChI is InChI=1S/C13H13BO4S/c1-10-4-2-3-5-13(10)19(17,18)12-8-6-11(7-9-12)14(15)16/h2-9,15-16H,1H3. The molecule has 0 aliphatic heterocycles. The van der Waals surface area contributed by atoms with Crippen molar-refractivity contribution in [3.05, 3.63) is 54.1 Å². The van der Waals surface area contributed by atoms with Crippen LogP contribution >= 0.6 is 0 Å². The van der Waals surface area contributed by atoms with Crippen molar-refractivity contribution in [2.45, 2.75) is 16.7 Å². The van der Waals surface area contributed by atoms with Gasteiger partial charge in [-0.1, -0.05) is 30.3 Å². The van der Waals surface area contributed by atoms with E-state index in [9.17, 15) is 8.42 Å². The monoisotopic (exact) mass is 276 g/mol. The van der Waals surface area contributed by atoms with Crippen molar-refractivity contribution in [3.63, 3.8) is 0 Å². The molecule has 0 spiro atoms. The Hall–Kier alpha value is -1.63. The second kappa shape index (κ2) is 5.17. The van der Waals surface area contributed by atoms with Gasteiger partial charge in [0, 0.05) is 0 Å². The van der Waals surface area contributed by atoms with Crippen molar-refractivity contribution in [1.82, 2.24) is 0 Å². The van der Waals surface area contributed by atoms with Gasteiger partial charge in [0.05, 0.1) is 9.79 Å². The van der Waals surface area contributed by atoms with Gasteiger partial charge in [-0.25, -0.2) is 8.42 Å². The van der Waals surface area contributed by atoms with Crippen molar-refractivity contribution in [2.75, 3.05) is 0 Å². The van der Waals surface area contributed by atoms with Gasteiger partial charge in [0.25, 0.3) is 0 Å². The molecule has 2 aromatic carbocycles. The van der Waals surface area contributed by atoms with E-state index < -0.39 is 17.0 Å². The molecule has 0 aromatic heterocycles. The van der Waals surface area contributed by atoms with Crippen molar-refractivity contribution in [3.8, 4) is 0 Å². The Morgan fingerprint density at radius 2 is 1.53 bits per heavy atom. The van der Waals surface area contributed by atoms with Crippen LogP contribution in [0.2, 0.25) is 0 Å². The fourth-order valence-corrected chi connectivity index (χ4v) is 3.30. The van der Waals surface area contributed by atoms with Crippen LogP contribution in [0.5, 0.6) is 0 Å². The van der Waals surface area contributed by atoms with Crippen LogP contribution in [0.25, 0.3) is 0 Å². The molecule has 0 aliphatic carbocycles. The summed E-state index contributed by atoms with van der Waals surface area (Å²) in [7, 11) is -5.18. The molecule has 2 aromatic rings. The van der Waals surface area contributed by atoms with Crippen LogP contribution in [-0.4, -0.2) is 25.6 Å². The van der Waals surface area contributed by atoms with Gasteiger partial charge in [-0.05, 0) is 36.1 Å². The van der Waals surface area contributed by atoms with E-state index in [4.69, 9.17) is 10.0 Å². The Morgan fingerprint density at radius 1 is 0.947 bits per heavy atom. The van der Waals surface area contributed by atoms with Crippen LogP contribution in [0.15, 0.2) is 58.3 Å². The summed E-state index contributed by atoms with van der Waals surface area (Å²) in [6.45, 7) is 1.73. The third-order valence-electron chi connectivity index (χ3n) is 2.87. The minimum absolute atomic E-state index is 0.131. The van der Waals surface area contributed by atoms with E-state index in [1.54, 1.807) is 31.2 Å². The summed E-state index contributed by atoms with van der Waals surface area (Å²) in [5.74, 6) is 0. The predicted octanol–water partition coefficient (Wildman–Crippen LogP) is 0.508. The Bertz CT molecular complexity index is 678. The normalized spacial score (nSPS) is 11.3. The van der Waals surface area contributed by atoms with Crippen molar-refractivity contribution in [1.29, 1.82) is 0 Å². The highest BCUT2D eigenvalue weighted by Gasteiger charge is 2.20. The fraction of sp³-hybridized carbons (Fsp3) is 0.0769. The molecular weight excluding hydrogens is 263 g/mol. The number of rotatable bonds is 3. The third kappa shape index (κ3) is 2.70. The number of benzene rings is 2. The van der Waals surface area contributed by atoms with Crippen LogP contribution in [0.3, 0.4) is 0 Å². The summed E-state index contributed by atoms with van der Waals surface area (Å²) in [6.07, 6.45) is 0. The van der Waals surface area contributed by atoms with Gasteiger partial charge in [-0.2, -0.15) is 0 Å². The van der Waals surface area contributed by atoms with Gasteiger partial charge >= 0.3 is 7.12 Å². The largest absolute Gasteiger partial charge is 0.488 e. The number of hydrogen-bond acceptors (Lipinski definition) is 4. The molecule has 0 fully saturated rings. The highest BCUT2D eigenvalue weighted by molar-refractivity contribution is 7.91. The smallest absolute Gasteiger partial charge is 0.423 e. The van der Waals surface area contributed by atoms with Crippen molar-refractivity contribution >= 4 is 22.4 Å². The summed E-state index contributed by atoms with van der Waals surface area (Å²) in [4.78, 5) is 0.387. The highest BCUT2D eigenvalue weighted by atomic mass is 32.2.